The summed E-state index contributed by atoms with van der Waals surface area (Å²) in [5.74, 6) is -4.05. The molecule has 0 atom stereocenters. The summed E-state index contributed by atoms with van der Waals surface area (Å²) in [6, 6.07) is 5.80. The van der Waals surface area contributed by atoms with Crippen molar-refractivity contribution in [2.24, 2.45) is 0 Å². The molecule has 1 aliphatic heterocycles. The molecule has 10 heteroatoms. The Balaban J connectivity index is 2.03. The van der Waals surface area contributed by atoms with Crippen molar-refractivity contribution in [3.05, 3.63) is 33.9 Å². The van der Waals surface area contributed by atoms with Crippen molar-refractivity contribution in [1.29, 1.82) is 5.26 Å². The first-order valence-electron chi connectivity index (χ1n) is 7.06. The average molecular weight is 346 g/mol. The Kier molecular flexibility index (Phi) is 5.23. The van der Waals surface area contributed by atoms with E-state index < -0.39 is 23.8 Å². The molecule has 0 bridgehead atoms. The predicted molar refractivity (Wildman–Crippen MR) is 77.4 cm³/mol. The number of hydrogen-bond donors (Lipinski definition) is 0. The van der Waals surface area contributed by atoms with Crippen molar-refractivity contribution in [2.45, 2.75) is 12.3 Å². The molecule has 24 heavy (non-hydrogen) atoms. The van der Waals surface area contributed by atoms with Gasteiger partial charge in [-0.2, -0.15) is 14.0 Å². The molecule has 0 amide bonds. The van der Waals surface area contributed by atoms with Gasteiger partial charge in [-0.3, -0.25) is 15.0 Å². The van der Waals surface area contributed by atoms with Crippen LogP contribution in [0.4, 0.5) is 28.9 Å². The summed E-state index contributed by atoms with van der Waals surface area (Å²) in [5, 5.41) is 19.8. The van der Waals surface area contributed by atoms with Crippen LogP contribution in [-0.2, 0) is 0 Å². The third-order valence-electron chi connectivity index (χ3n) is 3.79. The molecule has 2 rings (SSSR count). The van der Waals surface area contributed by atoms with Crippen LogP contribution in [0.15, 0.2) is 18.2 Å². The van der Waals surface area contributed by atoms with Gasteiger partial charge in [-0.15, -0.1) is 0 Å². The van der Waals surface area contributed by atoms with Gasteiger partial charge in [-0.05, 0) is 12.1 Å². The second-order valence-electron chi connectivity index (χ2n) is 5.40. The molecule has 130 valence electrons. The van der Waals surface area contributed by atoms with Crippen molar-refractivity contribution in [3.8, 4) is 6.07 Å². The fraction of sp³-hybridized carbons (Fsp3) is 0.500. The highest BCUT2D eigenvalue weighted by atomic mass is 19.3. The van der Waals surface area contributed by atoms with Crippen LogP contribution in [0.2, 0.25) is 0 Å². The summed E-state index contributed by atoms with van der Waals surface area (Å²) in [7, 11) is 0. The lowest BCUT2D eigenvalue weighted by Gasteiger charge is -2.37. The number of nitro groups is 1. The van der Waals surface area contributed by atoms with Crippen LogP contribution < -0.4 is 4.90 Å². The van der Waals surface area contributed by atoms with Gasteiger partial charge in [0.25, 0.3) is 5.69 Å². The maximum atomic E-state index is 13.1. The number of benzene rings is 1. The van der Waals surface area contributed by atoms with Gasteiger partial charge in [0.15, 0.2) is 0 Å². The molecular formula is C14H14F4N4O2. The lowest BCUT2D eigenvalue weighted by atomic mass is 10.1. The highest BCUT2D eigenvalue weighted by Crippen LogP contribution is 2.27. The van der Waals surface area contributed by atoms with Crippen LogP contribution in [0.3, 0.4) is 0 Å². The highest BCUT2D eigenvalue weighted by molar-refractivity contribution is 5.60. The van der Waals surface area contributed by atoms with Gasteiger partial charge in [0.05, 0.1) is 11.5 Å². The van der Waals surface area contributed by atoms with E-state index in [-0.39, 0.29) is 24.3 Å². The number of nitro benzene ring substituents is 1. The van der Waals surface area contributed by atoms with Crippen LogP contribution >= 0.6 is 0 Å². The van der Waals surface area contributed by atoms with E-state index in [2.05, 4.69) is 0 Å². The minimum atomic E-state index is -4.05. The number of alkyl halides is 4. The minimum absolute atomic E-state index is 0.0934. The molecule has 0 saturated carbocycles. The first-order valence-corrected chi connectivity index (χ1v) is 7.06. The Morgan fingerprint density at radius 3 is 2.42 bits per heavy atom. The second-order valence-corrected chi connectivity index (χ2v) is 5.40. The van der Waals surface area contributed by atoms with Gasteiger partial charge in [0.1, 0.15) is 11.6 Å². The van der Waals surface area contributed by atoms with E-state index in [0.29, 0.717) is 18.8 Å². The summed E-state index contributed by atoms with van der Waals surface area (Å²) in [5.41, 5.74) is 0.151. The molecular weight excluding hydrogens is 332 g/mol. The Hall–Kier alpha value is -2.41. The number of rotatable bonds is 5. The van der Waals surface area contributed by atoms with E-state index in [9.17, 15) is 27.7 Å². The van der Waals surface area contributed by atoms with E-state index in [1.807, 2.05) is 0 Å². The third kappa shape index (κ3) is 3.91. The van der Waals surface area contributed by atoms with Crippen molar-refractivity contribution < 1.29 is 22.5 Å². The SMILES string of the molecule is N#Cc1cc(N2CCN(CC(F)(F)C(F)F)CC2)ccc1[N+](=O)[O-]. The summed E-state index contributed by atoms with van der Waals surface area (Å²) >= 11 is 0. The van der Waals surface area contributed by atoms with Crippen LogP contribution in [0.5, 0.6) is 0 Å². The first kappa shape index (κ1) is 17.9. The average Bonchev–Trinajstić information content (AvgIpc) is 2.54. The van der Waals surface area contributed by atoms with Crippen LogP contribution in [-0.4, -0.2) is 54.9 Å². The lowest BCUT2D eigenvalue weighted by molar-refractivity contribution is -0.385. The monoisotopic (exact) mass is 346 g/mol. The molecule has 1 heterocycles. The number of nitriles is 1. The van der Waals surface area contributed by atoms with Gasteiger partial charge in [-0.25, -0.2) is 8.78 Å². The maximum Gasteiger partial charge on any atom is 0.319 e. The molecule has 0 unspecified atom stereocenters. The minimum Gasteiger partial charge on any atom is -0.369 e. The number of piperazine rings is 1. The first-order chi connectivity index (χ1) is 11.2. The van der Waals surface area contributed by atoms with Crippen molar-refractivity contribution in [3.63, 3.8) is 0 Å². The Morgan fingerprint density at radius 2 is 1.92 bits per heavy atom. The molecule has 6 nitrogen and oxygen atoms in total. The third-order valence-corrected chi connectivity index (χ3v) is 3.79. The fourth-order valence-corrected chi connectivity index (χ4v) is 2.50. The van der Waals surface area contributed by atoms with E-state index in [4.69, 9.17) is 5.26 Å². The maximum absolute atomic E-state index is 13.1. The molecule has 1 saturated heterocycles. The van der Waals surface area contributed by atoms with Gasteiger partial charge < -0.3 is 4.90 Å². The van der Waals surface area contributed by atoms with Crippen LogP contribution in [0.25, 0.3) is 0 Å². The molecule has 1 fully saturated rings. The van der Waals surface area contributed by atoms with Crippen LogP contribution in [0.1, 0.15) is 5.56 Å². The lowest BCUT2D eigenvalue weighted by Crippen LogP contribution is -2.51. The van der Waals surface area contributed by atoms with Gasteiger partial charge in [0, 0.05) is 37.9 Å². The molecule has 0 radical (unpaired) electrons. The van der Waals surface area contributed by atoms with E-state index in [0.717, 1.165) is 0 Å². The topological polar surface area (TPSA) is 73.4 Å². The standard InChI is InChI=1S/C14H14F4N4O2/c15-13(16)14(17,18)9-20-3-5-21(6-4-20)11-1-2-12(22(23)24)10(7-11)8-19/h1-2,7,13H,3-6,9H2. The molecule has 1 aliphatic rings. The number of anilines is 1. The zero-order chi connectivity index (χ0) is 17.9. The highest BCUT2D eigenvalue weighted by Gasteiger charge is 2.42. The van der Waals surface area contributed by atoms with E-state index >= 15 is 0 Å². The quantitative estimate of drug-likeness (QED) is 0.465. The normalized spacial score (nSPS) is 16.2. The molecule has 0 spiro atoms. The van der Waals surface area contributed by atoms with Crippen LogP contribution in [0, 0.1) is 21.4 Å². The van der Waals surface area contributed by atoms with E-state index in [1.54, 1.807) is 11.0 Å². The smallest absolute Gasteiger partial charge is 0.319 e. The number of halogens is 4. The number of hydrogen-bond acceptors (Lipinski definition) is 5. The van der Waals surface area contributed by atoms with Gasteiger partial charge in [-0.1, -0.05) is 0 Å². The fourth-order valence-electron chi connectivity index (χ4n) is 2.50. The summed E-state index contributed by atoms with van der Waals surface area (Å²) in [4.78, 5) is 13.2. The molecule has 1 aromatic carbocycles. The second kappa shape index (κ2) is 7.00. The van der Waals surface area contributed by atoms with Gasteiger partial charge in [0.2, 0.25) is 0 Å². The van der Waals surface area contributed by atoms with Crippen molar-refractivity contribution >= 4 is 11.4 Å². The Labute approximate surface area is 135 Å². The summed E-state index contributed by atoms with van der Waals surface area (Å²) in [6.07, 6.45) is -3.71. The molecule has 0 aromatic heterocycles. The Bertz CT molecular complexity index is 655. The predicted octanol–water partition coefficient (Wildman–Crippen LogP) is 2.49. The largest absolute Gasteiger partial charge is 0.369 e. The number of nitrogens with zero attached hydrogens (tertiary/aromatic N) is 4. The summed E-state index contributed by atoms with van der Waals surface area (Å²) < 4.78 is 50.6. The molecule has 0 N–H and O–H groups in total. The molecule has 1 aromatic rings. The zero-order valence-corrected chi connectivity index (χ0v) is 12.5. The van der Waals surface area contributed by atoms with Crippen molar-refractivity contribution in [1.82, 2.24) is 4.90 Å². The van der Waals surface area contributed by atoms with Gasteiger partial charge >= 0.3 is 12.3 Å². The zero-order valence-electron chi connectivity index (χ0n) is 12.5. The van der Waals surface area contributed by atoms with E-state index in [1.165, 1.54) is 23.1 Å². The molecule has 0 aliphatic carbocycles. The van der Waals surface area contributed by atoms with Crippen molar-refractivity contribution in [2.75, 3.05) is 37.6 Å². The summed E-state index contributed by atoms with van der Waals surface area (Å²) in [6.45, 7) is -0.116. The Morgan fingerprint density at radius 1 is 1.29 bits per heavy atom.